The molecule has 2 heterocycles. The molecule has 0 bridgehead atoms. The van der Waals surface area contributed by atoms with Crippen LogP contribution in [0.5, 0.6) is 0 Å². The second kappa shape index (κ2) is 7.84. The van der Waals surface area contributed by atoms with E-state index in [0.717, 1.165) is 52.0 Å². The van der Waals surface area contributed by atoms with Crippen molar-refractivity contribution < 1.29 is 4.74 Å². The second-order valence-electron chi connectivity index (χ2n) is 4.72. The van der Waals surface area contributed by atoms with Crippen LogP contribution in [0.15, 0.2) is 6.20 Å². The average molecular weight is 269 g/mol. The Balaban J connectivity index is 1.46. The minimum absolute atomic E-state index is 0.480. The Hall–Kier alpha value is -0.490. The Morgan fingerprint density at radius 2 is 2.33 bits per heavy atom. The van der Waals surface area contributed by atoms with Gasteiger partial charge in [-0.05, 0) is 45.8 Å². The van der Waals surface area contributed by atoms with Gasteiger partial charge in [0.2, 0.25) is 0 Å². The fraction of sp³-hybridized carbons (Fsp3) is 0.769. The summed E-state index contributed by atoms with van der Waals surface area (Å²) >= 11 is 1.76. The van der Waals surface area contributed by atoms with Crippen molar-refractivity contribution in [3.63, 3.8) is 0 Å². The molecule has 0 atom stereocenters. The average Bonchev–Trinajstić information content (AvgIpc) is 2.81. The molecular weight excluding hydrogens is 246 g/mol. The molecule has 5 heteroatoms. The molecule has 0 amide bonds. The van der Waals surface area contributed by atoms with E-state index in [1.54, 1.807) is 11.3 Å². The zero-order valence-corrected chi connectivity index (χ0v) is 11.9. The zero-order valence-electron chi connectivity index (χ0n) is 11.1. The van der Waals surface area contributed by atoms with Crippen LogP contribution < -0.4 is 10.6 Å². The predicted molar refractivity (Wildman–Crippen MR) is 75.0 cm³/mol. The number of hydrogen-bond acceptors (Lipinski definition) is 5. The van der Waals surface area contributed by atoms with E-state index in [-0.39, 0.29) is 0 Å². The summed E-state index contributed by atoms with van der Waals surface area (Å²) in [7, 11) is 0. The third-order valence-electron chi connectivity index (χ3n) is 3.08. The van der Waals surface area contributed by atoms with Crippen LogP contribution in [0.25, 0.3) is 0 Å². The molecular formula is C13H23N3OS. The van der Waals surface area contributed by atoms with Crippen LogP contribution in [0.3, 0.4) is 0 Å². The number of piperidine rings is 1. The van der Waals surface area contributed by atoms with Gasteiger partial charge in [-0.15, -0.1) is 11.3 Å². The van der Waals surface area contributed by atoms with Gasteiger partial charge in [0.25, 0.3) is 0 Å². The molecule has 4 nitrogen and oxygen atoms in total. The highest BCUT2D eigenvalue weighted by molar-refractivity contribution is 7.11. The van der Waals surface area contributed by atoms with Gasteiger partial charge >= 0.3 is 0 Å². The Morgan fingerprint density at radius 1 is 1.50 bits per heavy atom. The lowest BCUT2D eigenvalue weighted by Crippen LogP contribution is -2.32. The summed E-state index contributed by atoms with van der Waals surface area (Å²) < 4.78 is 5.85. The number of rotatable bonds is 7. The molecule has 0 aromatic carbocycles. The van der Waals surface area contributed by atoms with E-state index < -0.39 is 0 Å². The van der Waals surface area contributed by atoms with Crippen LogP contribution in [0, 0.1) is 6.92 Å². The molecule has 2 N–H and O–H groups in total. The third-order valence-corrected chi connectivity index (χ3v) is 4.00. The molecule has 102 valence electrons. The van der Waals surface area contributed by atoms with E-state index in [4.69, 9.17) is 4.74 Å². The zero-order chi connectivity index (χ0) is 12.6. The molecule has 1 fully saturated rings. The lowest BCUT2D eigenvalue weighted by Gasteiger charge is -2.22. The summed E-state index contributed by atoms with van der Waals surface area (Å²) in [6, 6.07) is 0. The largest absolute Gasteiger partial charge is 0.378 e. The molecule has 2 rings (SSSR count). The highest BCUT2D eigenvalue weighted by Crippen LogP contribution is 2.10. The molecule has 1 aliphatic heterocycles. The molecule has 18 heavy (non-hydrogen) atoms. The van der Waals surface area contributed by atoms with Crippen molar-refractivity contribution in [2.75, 3.05) is 26.2 Å². The Morgan fingerprint density at radius 3 is 3.06 bits per heavy atom. The Labute approximate surface area is 113 Å². The summed E-state index contributed by atoms with van der Waals surface area (Å²) in [5.74, 6) is 0. The van der Waals surface area contributed by atoms with Gasteiger partial charge in [-0.2, -0.15) is 0 Å². The van der Waals surface area contributed by atoms with Crippen LogP contribution in [0.4, 0.5) is 0 Å². The minimum Gasteiger partial charge on any atom is -0.378 e. The molecule has 0 aliphatic carbocycles. The van der Waals surface area contributed by atoms with E-state index in [0.29, 0.717) is 6.10 Å². The molecule has 0 spiro atoms. The van der Waals surface area contributed by atoms with E-state index in [1.807, 2.05) is 6.20 Å². The molecule has 0 radical (unpaired) electrons. The molecule has 0 saturated carbocycles. The lowest BCUT2D eigenvalue weighted by molar-refractivity contribution is 0.0317. The summed E-state index contributed by atoms with van der Waals surface area (Å²) in [5, 5.41) is 7.93. The normalized spacial score (nSPS) is 17.2. The fourth-order valence-corrected chi connectivity index (χ4v) is 2.84. The first-order chi connectivity index (χ1) is 8.84. The molecule has 1 aromatic rings. The van der Waals surface area contributed by atoms with Crippen molar-refractivity contribution in [1.82, 2.24) is 15.6 Å². The fourth-order valence-electron chi connectivity index (χ4n) is 2.09. The van der Waals surface area contributed by atoms with E-state index in [9.17, 15) is 0 Å². The smallest absolute Gasteiger partial charge is 0.107 e. The Bertz CT molecular complexity index is 337. The highest BCUT2D eigenvalue weighted by Gasteiger charge is 2.12. The van der Waals surface area contributed by atoms with Crippen LogP contribution >= 0.6 is 11.3 Å². The summed E-state index contributed by atoms with van der Waals surface area (Å²) in [5.41, 5.74) is 0. The maximum Gasteiger partial charge on any atom is 0.107 e. The number of thiazole rings is 1. The highest BCUT2D eigenvalue weighted by atomic mass is 32.1. The summed E-state index contributed by atoms with van der Waals surface area (Å²) in [6.45, 7) is 7.05. The van der Waals surface area contributed by atoms with Crippen molar-refractivity contribution in [2.45, 2.75) is 38.8 Å². The first-order valence-electron chi connectivity index (χ1n) is 6.79. The summed E-state index contributed by atoms with van der Waals surface area (Å²) in [6.07, 6.45) is 5.81. The van der Waals surface area contributed by atoms with Gasteiger partial charge in [0.1, 0.15) is 5.01 Å². The monoisotopic (exact) mass is 269 g/mol. The number of hydrogen-bond donors (Lipinski definition) is 2. The lowest BCUT2D eigenvalue weighted by atomic mass is 10.1. The van der Waals surface area contributed by atoms with Gasteiger partial charge in [0, 0.05) is 24.2 Å². The number of nitrogens with one attached hydrogen (secondary N) is 2. The standard InChI is InChI=1S/C13H23N3OS/c1-11-9-16-13(18-11)10-15-5-2-8-17-12-3-6-14-7-4-12/h9,12,14-15H,2-8,10H2,1H3. The molecule has 0 unspecified atom stereocenters. The second-order valence-corrected chi connectivity index (χ2v) is 6.03. The SMILES string of the molecule is Cc1cnc(CNCCCOC2CCNCC2)s1. The van der Waals surface area contributed by atoms with Crippen LogP contribution in [-0.4, -0.2) is 37.3 Å². The predicted octanol–water partition coefficient (Wildman–Crippen LogP) is 1.70. The maximum absolute atomic E-state index is 5.85. The number of ether oxygens (including phenoxy) is 1. The molecule has 1 aliphatic rings. The first kappa shape index (κ1) is 13.9. The van der Waals surface area contributed by atoms with Crippen molar-refractivity contribution in [3.8, 4) is 0 Å². The van der Waals surface area contributed by atoms with Crippen molar-refractivity contribution in [3.05, 3.63) is 16.1 Å². The number of aromatic nitrogens is 1. The van der Waals surface area contributed by atoms with E-state index in [2.05, 4.69) is 22.5 Å². The van der Waals surface area contributed by atoms with Gasteiger partial charge in [-0.1, -0.05) is 0 Å². The van der Waals surface area contributed by atoms with Crippen molar-refractivity contribution in [1.29, 1.82) is 0 Å². The van der Waals surface area contributed by atoms with E-state index in [1.165, 1.54) is 9.88 Å². The van der Waals surface area contributed by atoms with Crippen LogP contribution in [0.1, 0.15) is 29.1 Å². The van der Waals surface area contributed by atoms with Crippen LogP contribution in [-0.2, 0) is 11.3 Å². The van der Waals surface area contributed by atoms with Gasteiger partial charge in [-0.3, -0.25) is 0 Å². The van der Waals surface area contributed by atoms with E-state index >= 15 is 0 Å². The van der Waals surface area contributed by atoms with Crippen molar-refractivity contribution in [2.24, 2.45) is 0 Å². The molecule has 1 saturated heterocycles. The third kappa shape index (κ3) is 5.02. The minimum atomic E-state index is 0.480. The van der Waals surface area contributed by atoms with Gasteiger partial charge in [-0.25, -0.2) is 4.98 Å². The first-order valence-corrected chi connectivity index (χ1v) is 7.60. The summed E-state index contributed by atoms with van der Waals surface area (Å²) in [4.78, 5) is 5.60. The van der Waals surface area contributed by atoms with Gasteiger partial charge in [0.15, 0.2) is 0 Å². The van der Waals surface area contributed by atoms with Crippen molar-refractivity contribution >= 4 is 11.3 Å². The maximum atomic E-state index is 5.85. The topological polar surface area (TPSA) is 46.2 Å². The van der Waals surface area contributed by atoms with Gasteiger partial charge in [0.05, 0.1) is 6.10 Å². The van der Waals surface area contributed by atoms with Gasteiger partial charge < -0.3 is 15.4 Å². The quantitative estimate of drug-likeness (QED) is 0.740. The number of nitrogens with zero attached hydrogens (tertiary/aromatic N) is 1. The Kier molecular flexibility index (Phi) is 6.07. The number of aryl methyl sites for hydroxylation is 1. The van der Waals surface area contributed by atoms with Crippen LogP contribution in [0.2, 0.25) is 0 Å². The molecule has 1 aromatic heterocycles.